The van der Waals surface area contributed by atoms with Crippen LogP contribution in [0.25, 0.3) is 0 Å². The molecule has 0 N–H and O–H groups in total. The highest BCUT2D eigenvalue weighted by Gasteiger charge is 2.35. The minimum absolute atomic E-state index is 0.568. The van der Waals surface area contributed by atoms with Gasteiger partial charge in [0.2, 0.25) is 0 Å². The summed E-state index contributed by atoms with van der Waals surface area (Å²) < 4.78 is 0. The summed E-state index contributed by atoms with van der Waals surface area (Å²) in [6.07, 6.45) is 2.65. The Hall–Kier alpha value is -0.0200. The summed E-state index contributed by atoms with van der Waals surface area (Å²) >= 11 is 1.98. The first kappa shape index (κ1) is 9.53. The van der Waals surface area contributed by atoms with Crippen molar-refractivity contribution < 1.29 is 0 Å². The predicted octanol–water partition coefficient (Wildman–Crippen LogP) is 1.86. The standard InChI is InChI=1S/C10H18N2S/c1-7-6-13-10(11-7)8-4-9(5-8)12(2)3/h7-9H,4-6H2,1-3H3/t7?,8-,9-. The van der Waals surface area contributed by atoms with Crippen LogP contribution in [0.1, 0.15) is 19.8 Å². The zero-order valence-electron chi connectivity index (χ0n) is 8.66. The van der Waals surface area contributed by atoms with Gasteiger partial charge < -0.3 is 4.90 Å². The van der Waals surface area contributed by atoms with E-state index in [0.717, 1.165) is 12.0 Å². The molecule has 1 saturated carbocycles. The van der Waals surface area contributed by atoms with Crippen molar-refractivity contribution in [2.75, 3.05) is 19.8 Å². The lowest BCUT2D eigenvalue weighted by molar-refractivity contribution is 0.163. The van der Waals surface area contributed by atoms with Crippen molar-refractivity contribution >= 4 is 16.8 Å². The first-order valence-electron chi connectivity index (χ1n) is 5.03. The molecule has 0 bridgehead atoms. The molecule has 3 heteroatoms. The number of aliphatic imine (C=N–C) groups is 1. The van der Waals surface area contributed by atoms with Gasteiger partial charge in [0.25, 0.3) is 0 Å². The zero-order valence-corrected chi connectivity index (χ0v) is 9.47. The quantitative estimate of drug-likeness (QED) is 0.673. The van der Waals surface area contributed by atoms with Crippen molar-refractivity contribution in [3.63, 3.8) is 0 Å². The summed E-state index contributed by atoms with van der Waals surface area (Å²) in [5, 5.41) is 1.44. The van der Waals surface area contributed by atoms with Crippen molar-refractivity contribution in [1.82, 2.24) is 4.90 Å². The fourth-order valence-electron chi connectivity index (χ4n) is 1.93. The topological polar surface area (TPSA) is 15.6 Å². The second-order valence-corrected chi connectivity index (χ2v) is 5.45. The molecular weight excluding hydrogens is 180 g/mol. The second-order valence-electron chi connectivity index (χ2n) is 4.41. The molecule has 1 aliphatic heterocycles. The minimum Gasteiger partial charge on any atom is -0.306 e. The third-order valence-corrected chi connectivity index (χ3v) is 4.40. The first-order valence-corrected chi connectivity index (χ1v) is 6.02. The SMILES string of the molecule is CC1CSC([C@H]2C[C@H](N(C)C)C2)=N1. The maximum absolute atomic E-state index is 4.67. The molecule has 0 aromatic carbocycles. The van der Waals surface area contributed by atoms with Crippen LogP contribution in [0.2, 0.25) is 0 Å². The Morgan fingerprint density at radius 3 is 2.54 bits per heavy atom. The Balaban J connectivity index is 1.83. The molecule has 0 spiro atoms. The van der Waals surface area contributed by atoms with Crippen molar-refractivity contribution in [2.45, 2.75) is 31.8 Å². The fraction of sp³-hybridized carbons (Fsp3) is 0.900. The number of nitrogens with zero attached hydrogens (tertiary/aromatic N) is 2. The van der Waals surface area contributed by atoms with E-state index in [-0.39, 0.29) is 0 Å². The van der Waals surface area contributed by atoms with Crippen molar-refractivity contribution in [2.24, 2.45) is 10.9 Å². The Bertz CT molecular complexity index is 219. The average molecular weight is 198 g/mol. The fourth-order valence-corrected chi connectivity index (χ4v) is 3.10. The average Bonchev–Trinajstić information content (AvgIpc) is 2.31. The molecule has 1 unspecified atom stereocenters. The molecule has 0 amide bonds. The molecule has 1 aliphatic carbocycles. The van der Waals surface area contributed by atoms with Gasteiger partial charge in [-0.1, -0.05) is 0 Å². The number of hydrogen-bond donors (Lipinski definition) is 0. The number of thioether (sulfide) groups is 1. The van der Waals surface area contributed by atoms with Crippen molar-refractivity contribution in [1.29, 1.82) is 0 Å². The van der Waals surface area contributed by atoms with Crippen LogP contribution in [0, 0.1) is 5.92 Å². The van der Waals surface area contributed by atoms with E-state index >= 15 is 0 Å². The molecule has 2 rings (SSSR count). The monoisotopic (exact) mass is 198 g/mol. The van der Waals surface area contributed by atoms with Crippen molar-refractivity contribution in [3.8, 4) is 0 Å². The highest BCUT2D eigenvalue weighted by molar-refractivity contribution is 8.14. The van der Waals surface area contributed by atoms with E-state index < -0.39 is 0 Å². The van der Waals surface area contributed by atoms with E-state index in [1.807, 2.05) is 11.8 Å². The van der Waals surface area contributed by atoms with Crippen LogP contribution in [-0.4, -0.2) is 41.9 Å². The van der Waals surface area contributed by atoms with Crippen LogP contribution >= 0.6 is 11.8 Å². The lowest BCUT2D eigenvalue weighted by Gasteiger charge is -2.39. The first-order chi connectivity index (χ1) is 6.16. The van der Waals surface area contributed by atoms with E-state index in [9.17, 15) is 0 Å². The lowest BCUT2D eigenvalue weighted by Crippen LogP contribution is -2.42. The molecule has 1 atom stereocenters. The largest absolute Gasteiger partial charge is 0.306 e. The van der Waals surface area contributed by atoms with Crippen LogP contribution < -0.4 is 0 Å². The van der Waals surface area contributed by atoms with Gasteiger partial charge in [-0.15, -0.1) is 11.8 Å². The third-order valence-electron chi connectivity index (χ3n) is 3.01. The molecule has 0 aromatic heterocycles. The van der Waals surface area contributed by atoms with Gasteiger partial charge >= 0.3 is 0 Å². The molecule has 74 valence electrons. The minimum atomic E-state index is 0.568. The van der Waals surface area contributed by atoms with E-state index in [4.69, 9.17) is 0 Å². The highest BCUT2D eigenvalue weighted by atomic mass is 32.2. The van der Waals surface area contributed by atoms with Crippen LogP contribution in [0.4, 0.5) is 0 Å². The predicted molar refractivity (Wildman–Crippen MR) is 59.6 cm³/mol. The van der Waals surface area contributed by atoms with Crippen LogP contribution in [0.5, 0.6) is 0 Å². The maximum atomic E-state index is 4.67. The molecule has 0 aromatic rings. The Labute approximate surface area is 84.8 Å². The Kier molecular flexibility index (Phi) is 2.65. The Morgan fingerprint density at radius 1 is 1.38 bits per heavy atom. The molecule has 1 fully saturated rings. The normalized spacial score (nSPS) is 39.1. The maximum Gasteiger partial charge on any atom is 0.0712 e. The van der Waals surface area contributed by atoms with Gasteiger partial charge in [-0.25, -0.2) is 0 Å². The van der Waals surface area contributed by atoms with Gasteiger partial charge in [0.05, 0.1) is 11.1 Å². The molecule has 2 aliphatic rings. The summed E-state index contributed by atoms with van der Waals surface area (Å²) in [5.74, 6) is 2.00. The van der Waals surface area contributed by atoms with Gasteiger partial charge in [-0.3, -0.25) is 4.99 Å². The molecular formula is C10H18N2S. The zero-order chi connectivity index (χ0) is 9.42. The molecule has 1 heterocycles. The van der Waals surface area contributed by atoms with Crippen molar-refractivity contribution in [3.05, 3.63) is 0 Å². The summed E-state index contributed by atoms with van der Waals surface area (Å²) in [6, 6.07) is 1.38. The van der Waals surface area contributed by atoms with Gasteiger partial charge in [0.15, 0.2) is 0 Å². The van der Waals surface area contributed by atoms with Gasteiger partial charge in [0, 0.05) is 17.7 Å². The number of rotatable bonds is 2. The lowest BCUT2D eigenvalue weighted by atomic mass is 9.80. The molecule has 13 heavy (non-hydrogen) atoms. The molecule has 0 radical (unpaired) electrons. The summed E-state index contributed by atoms with van der Waals surface area (Å²) in [4.78, 5) is 7.00. The molecule has 2 nitrogen and oxygen atoms in total. The van der Waals surface area contributed by atoms with Crippen LogP contribution in [0.3, 0.4) is 0 Å². The van der Waals surface area contributed by atoms with E-state index in [2.05, 4.69) is 30.9 Å². The Morgan fingerprint density at radius 2 is 2.08 bits per heavy atom. The summed E-state index contributed by atoms with van der Waals surface area (Å²) in [7, 11) is 4.35. The summed E-state index contributed by atoms with van der Waals surface area (Å²) in [5.41, 5.74) is 0. The van der Waals surface area contributed by atoms with Gasteiger partial charge in [-0.05, 0) is 33.9 Å². The van der Waals surface area contributed by atoms with E-state index in [0.29, 0.717) is 6.04 Å². The molecule has 0 saturated heterocycles. The third kappa shape index (κ3) is 1.91. The number of hydrogen-bond acceptors (Lipinski definition) is 3. The van der Waals surface area contributed by atoms with Gasteiger partial charge in [-0.2, -0.15) is 0 Å². The van der Waals surface area contributed by atoms with Crippen LogP contribution in [-0.2, 0) is 0 Å². The van der Waals surface area contributed by atoms with Crippen LogP contribution in [0.15, 0.2) is 4.99 Å². The second kappa shape index (κ2) is 3.62. The van der Waals surface area contributed by atoms with E-state index in [1.165, 1.54) is 23.6 Å². The van der Waals surface area contributed by atoms with Gasteiger partial charge in [0.1, 0.15) is 0 Å². The summed E-state index contributed by atoms with van der Waals surface area (Å²) in [6.45, 7) is 2.21. The smallest absolute Gasteiger partial charge is 0.0712 e. The van der Waals surface area contributed by atoms with E-state index in [1.54, 1.807) is 0 Å². The highest BCUT2D eigenvalue weighted by Crippen LogP contribution is 2.37.